The van der Waals surface area contributed by atoms with E-state index in [9.17, 15) is 9.90 Å². The maximum Gasteiger partial charge on any atom is 0.266 e. The minimum Gasteiger partial charge on any atom is -0.370 e. The molecule has 0 aromatic heterocycles. The fraction of sp³-hybridized carbons (Fsp3) is 0.909. The quantitative estimate of drug-likeness (QED) is 0.432. The number of aliphatic hydroxyl groups excluding tert-OH is 1. The van der Waals surface area contributed by atoms with Crippen LogP contribution in [0.15, 0.2) is 0 Å². The first-order chi connectivity index (χ1) is 7.92. The van der Waals surface area contributed by atoms with Crippen LogP contribution in [-0.2, 0) is 4.79 Å². The van der Waals surface area contributed by atoms with E-state index in [0.717, 1.165) is 32.6 Å². The molecule has 1 atom stereocenters. The first kappa shape index (κ1) is 13.5. The summed E-state index contributed by atoms with van der Waals surface area (Å²) >= 11 is 2.31. The first-order valence-electron chi connectivity index (χ1n) is 6.05. The molecule has 98 valence electrons. The Morgan fingerprint density at radius 1 is 1.41 bits per heavy atom. The predicted octanol–water partition coefficient (Wildman–Crippen LogP) is 0.187. The Labute approximate surface area is 116 Å². The lowest BCUT2D eigenvalue weighted by Crippen LogP contribution is -2.54. The molecule has 6 heteroatoms. The molecule has 0 aromatic rings. The fourth-order valence-electron chi connectivity index (χ4n) is 2.62. The second-order valence-electron chi connectivity index (χ2n) is 5.51. The van der Waals surface area contributed by atoms with Crippen molar-refractivity contribution >= 4 is 28.8 Å². The summed E-state index contributed by atoms with van der Waals surface area (Å²) in [6, 6.07) is 0.110. The van der Waals surface area contributed by atoms with Gasteiger partial charge in [0.25, 0.3) is 5.91 Å². The predicted molar refractivity (Wildman–Crippen MR) is 73.5 cm³/mol. The van der Waals surface area contributed by atoms with Crippen molar-refractivity contribution in [2.75, 3.05) is 26.2 Å². The molecule has 2 N–H and O–H groups in total. The number of halogens is 1. The van der Waals surface area contributed by atoms with Crippen molar-refractivity contribution in [3.8, 4) is 0 Å². The molecule has 2 saturated heterocycles. The van der Waals surface area contributed by atoms with Crippen molar-refractivity contribution in [1.29, 1.82) is 0 Å². The fourth-order valence-corrected chi connectivity index (χ4v) is 4.07. The number of nitrogens with one attached hydrogen (secondary N) is 1. The van der Waals surface area contributed by atoms with Crippen LogP contribution in [0.2, 0.25) is 0 Å². The van der Waals surface area contributed by atoms with E-state index in [1.54, 1.807) is 4.90 Å². The average Bonchev–Trinajstić information content (AvgIpc) is 2.60. The summed E-state index contributed by atoms with van der Waals surface area (Å²) in [6.45, 7) is 7.53. The highest BCUT2D eigenvalue weighted by Gasteiger charge is 2.48. The van der Waals surface area contributed by atoms with E-state index in [1.807, 2.05) is 13.8 Å². The van der Waals surface area contributed by atoms with Gasteiger partial charge in [-0.05, 0) is 20.3 Å². The SMILES string of the molecule is CC(C)NC(O)C(=O)N1CCC2(CN(I)C2)C1. The highest BCUT2D eigenvalue weighted by atomic mass is 127. The molecule has 0 aliphatic carbocycles. The molecule has 0 aromatic carbocycles. The first-order valence-corrected chi connectivity index (χ1v) is 7.02. The number of amides is 1. The van der Waals surface area contributed by atoms with Gasteiger partial charge in [-0.15, -0.1) is 0 Å². The molecule has 2 rings (SSSR count). The zero-order valence-corrected chi connectivity index (χ0v) is 12.5. The lowest BCUT2D eigenvalue weighted by atomic mass is 9.81. The molecule has 2 fully saturated rings. The molecule has 17 heavy (non-hydrogen) atoms. The molecule has 2 aliphatic heterocycles. The number of hydrogen-bond acceptors (Lipinski definition) is 4. The highest BCUT2D eigenvalue weighted by Crippen LogP contribution is 2.41. The second-order valence-corrected chi connectivity index (χ2v) is 6.88. The highest BCUT2D eigenvalue weighted by molar-refractivity contribution is 14.1. The molecule has 5 nitrogen and oxygen atoms in total. The molecule has 0 bridgehead atoms. The monoisotopic (exact) mass is 353 g/mol. The number of carbonyl (C=O) groups is 1. The lowest BCUT2D eigenvalue weighted by Gasteiger charge is -2.44. The van der Waals surface area contributed by atoms with Crippen LogP contribution in [0, 0.1) is 5.41 Å². The Bertz CT molecular complexity index is 305. The number of rotatable bonds is 3. The summed E-state index contributed by atoms with van der Waals surface area (Å²) < 4.78 is 2.24. The second kappa shape index (κ2) is 4.99. The molecule has 1 spiro atoms. The van der Waals surface area contributed by atoms with Gasteiger partial charge in [0.1, 0.15) is 0 Å². The van der Waals surface area contributed by atoms with Gasteiger partial charge in [-0.3, -0.25) is 10.1 Å². The van der Waals surface area contributed by atoms with E-state index >= 15 is 0 Å². The van der Waals surface area contributed by atoms with Crippen LogP contribution in [-0.4, -0.2) is 57.5 Å². The van der Waals surface area contributed by atoms with Crippen molar-refractivity contribution in [2.45, 2.75) is 32.5 Å². The molecule has 0 radical (unpaired) electrons. The van der Waals surface area contributed by atoms with Crippen molar-refractivity contribution in [2.24, 2.45) is 5.41 Å². The smallest absolute Gasteiger partial charge is 0.266 e. The van der Waals surface area contributed by atoms with Crippen molar-refractivity contribution in [1.82, 2.24) is 13.3 Å². The van der Waals surface area contributed by atoms with Gasteiger partial charge >= 0.3 is 0 Å². The minimum atomic E-state index is -1.05. The molecule has 1 unspecified atom stereocenters. The van der Waals surface area contributed by atoms with Crippen LogP contribution in [0.3, 0.4) is 0 Å². The van der Waals surface area contributed by atoms with Gasteiger partial charge in [-0.1, -0.05) is 0 Å². The Kier molecular flexibility index (Phi) is 3.96. The summed E-state index contributed by atoms with van der Waals surface area (Å²) in [7, 11) is 0. The number of carbonyl (C=O) groups excluding carboxylic acids is 1. The lowest BCUT2D eigenvalue weighted by molar-refractivity contribution is -0.141. The zero-order valence-electron chi connectivity index (χ0n) is 10.3. The van der Waals surface area contributed by atoms with Gasteiger partial charge in [-0.2, -0.15) is 0 Å². The number of likely N-dealkylation sites (tertiary alicyclic amines) is 1. The minimum absolute atomic E-state index is 0.110. The maximum atomic E-state index is 12.0. The van der Waals surface area contributed by atoms with Crippen LogP contribution in [0.5, 0.6) is 0 Å². The Hall–Kier alpha value is 0.0800. The van der Waals surface area contributed by atoms with Gasteiger partial charge in [0, 0.05) is 60.5 Å². The normalized spacial score (nSPS) is 25.4. The summed E-state index contributed by atoms with van der Waals surface area (Å²) in [5.74, 6) is -0.178. The Morgan fingerprint density at radius 2 is 2.06 bits per heavy atom. The van der Waals surface area contributed by atoms with E-state index in [0.29, 0.717) is 5.41 Å². The van der Waals surface area contributed by atoms with Gasteiger partial charge in [0.05, 0.1) is 0 Å². The maximum absolute atomic E-state index is 12.0. The number of aliphatic hydroxyl groups is 1. The van der Waals surface area contributed by atoms with Crippen LogP contribution in [0.1, 0.15) is 20.3 Å². The van der Waals surface area contributed by atoms with E-state index in [-0.39, 0.29) is 11.9 Å². The summed E-state index contributed by atoms with van der Waals surface area (Å²) in [5.41, 5.74) is 0.300. The van der Waals surface area contributed by atoms with E-state index < -0.39 is 6.23 Å². The van der Waals surface area contributed by atoms with Crippen LogP contribution in [0.25, 0.3) is 0 Å². The van der Waals surface area contributed by atoms with Crippen molar-refractivity contribution in [3.63, 3.8) is 0 Å². The summed E-state index contributed by atoms with van der Waals surface area (Å²) in [6.07, 6.45) is 0.00745. The molecule has 2 heterocycles. The number of nitrogens with zero attached hydrogens (tertiary/aromatic N) is 2. The van der Waals surface area contributed by atoms with Crippen LogP contribution >= 0.6 is 22.9 Å². The van der Waals surface area contributed by atoms with Crippen molar-refractivity contribution in [3.05, 3.63) is 0 Å². The molecular formula is C11H20IN3O2. The van der Waals surface area contributed by atoms with E-state index in [4.69, 9.17) is 0 Å². The Morgan fingerprint density at radius 3 is 2.59 bits per heavy atom. The molecule has 0 saturated carbocycles. The summed E-state index contributed by atoms with van der Waals surface area (Å²) in [5, 5.41) is 12.6. The van der Waals surface area contributed by atoms with Crippen molar-refractivity contribution < 1.29 is 9.90 Å². The average molecular weight is 353 g/mol. The zero-order chi connectivity index (χ0) is 12.6. The van der Waals surface area contributed by atoms with Gasteiger partial charge < -0.3 is 10.0 Å². The molecular weight excluding hydrogens is 333 g/mol. The third-order valence-electron chi connectivity index (χ3n) is 3.49. The standard InChI is InChI=1S/C11H20IN3O2/c1-8(2)13-9(16)10(17)14-4-3-11(5-14)6-15(12)7-11/h8-9,13,16H,3-7H2,1-2H3. The van der Waals surface area contributed by atoms with Gasteiger partial charge in [0.2, 0.25) is 0 Å². The number of hydrogen-bond donors (Lipinski definition) is 2. The third kappa shape index (κ3) is 2.91. The Balaban J connectivity index is 1.86. The summed E-state index contributed by atoms with van der Waals surface area (Å²) in [4.78, 5) is 13.8. The molecule has 2 aliphatic rings. The van der Waals surface area contributed by atoms with Crippen LogP contribution in [0.4, 0.5) is 0 Å². The van der Waals surface area contributed by atoms with Gasteiger partial charge in [-0.25, -0.2) is 3.11 Å². The van der Waals surface area contributed by atoms with E-state index in [2.05, 4.69) is 31.3 Å². The topological polar surface area (TPSA) is 55.8 Å². The molecule has 1 amide bonds. The van der Waals surface area contributed by atoms with E-state index in [1.165, 1.54) is 0 Å². The van der Waals surface area contributed by atoms with Crippen LogP contribution < -0.4 is 5.32 Å². The third-order valence-corrected chi connectivity index (χ3v) is 4.17. The van der Waals surface area contributed by atoms with Gasteiger partial charge in [0.15, 0.2) is 6.23 Å². The largest absolute Gasteiger partial charge is 0.370 e.